The number of fused-ring (bicyclic) bond motifs is 1. The first-order chi connectivity index (χ1) is 32.6. The Morgan fingerprint density at radius 2 is 1.54 bits per heavy atom. The Labute approximate surface area is 394 Å². The predicted molar refractivity (Wildman–Crippen MR) is 254 cm³/mol. The molecule has 0 saturated heterocycles. The van der Waals surface area contributed by atoms with Crippen molar-refractivity contribution in [2.45, 2.75) is 82.7 Å². The minimum atomic E-state index is -1.33. The number of ether oxygens (including phenoxy) is 1. The molecule has 1 aliphatic heterocycles. The van der Waals surface area contributed by atoms with Crippen LogP contribution in [0.1, 0.15) is 49.8 Å². The molecule has 11 N–H and O–H groups in total. The van der Waals surface area contributed by atoms with Gasteiger partial charge in [-0.05, 0) is 68.0 Å². The maximum absolute atomic E-state index is 14.3. The molecule has 20 heteroatoms. The van der Waals surface area contributed by atoms with E-state index < -0.39 is 71.8 Å². The number of amides is 9. The second-order valence-electron chi connectivity index (χ2n) is 16.2. The zero-order valence-electron chi connectivity index (χ0n) is 38.4. The molecule has 68 heavy (non-hydrogen) atoms. The van der Waals surface area contributed by atoms with Crippen LogP contribution in [0.3, 0.4) is 0 Å². The summed E-state index contributed by atoms with van der Waals surface area (Å²) >= 11 is 0. The van der Waals surface area contributed by atoms with E-state index in [1.165, 1.54) is 21.0 Å². The van der Waals surface area contributed by atoms with E-state index in [-0.39, 0.29) is 32.4 Å². The number of urea groups is 2. The van der Waals surface area contributed by atoms with Gasteiger partial charge in [-0.2, -0.15) is 0 Å². The van der Waals surface area contributed by atoms with E-state index in [2.05, 4.69) is 55.6 Å². The van der Waals surface area contributed by atoms with E-state index in [0.717, 1.165) is 20.9 Å². The fourth-order valence-corrected chi connectivity index (χ4v) is 7.11. The number of aromatic nitrogens is 1. The number of methoxy groups -OCH3 is 1. The van der Waals surface area contributed by atoms with Crippen LogP contribution in [0.4, 0.5) is 9.59 Å². The molecular formula is C48H60N12O8. The number of hydrazine groups is 2. The highest BCUT2D eigenvalue weighted by Crippen LogP contribution is 2.20. The number of carbonyl (C=O) groups is 7. The number of nitrogens with two attached hydrogens (primary N) is 2. The van der Waals surface area contributed by atoms with Crippen molar-refractivity contribution in [2.75, 3.05) is 26.7 Å². The van der Waals surface area contributed by atoms with Gasteiger partial charge in [0.25, 0.3) is 11.8 Å². The monoisotopic (exact) mass is 932 g/mol. The summed E-state index contributed by atoms with van der Waals surface area (Å²) in [6.07, 6.45) is 4.34. The molecule has 0 fully saturated rings. The number of para-hydroxylation sites is 1. The number of aromatic amines is 1. The molecule has 9 amide bonds. The van der Waals surface area contributed by atoms with E-state index in [9.17, 15) is 33.6 Å². The molecule has 0 radical (unpaired) electrons. The van der Waals surface area contributed by atoms with Gasteiger partial charge in [-0.1, -0.05) is 72.7 Å². The van der Waals surface area contributed by atoms with Gasteiger partial charge in [0, 0.05) is 49.1 Å². The summed E-state index contributed by atoms with van der Waals surface area (Å²) in [5.74, 6) is -0.360. The van der Waals surface area contributed by atoms with Gasteiger partial charge >= 0.3 is 12.1 Å². The third kappa shape index (κ3) is 15.0. The largest absolute Gasteiger partial charge is 0.497 e. The number of nitrogens with one attached hydrogen (secondary N) is 7. The van der Waals surface area contributed by atoms with Gasteiger partial charge in [0.05, 0.1) is 19.7 Å². The molecule has 3 aromatic carbocycles. The first kappa shape index (κ1) is 50.9. The van der Waals surface area contributed by atoms with Crippen LogP contribution in [-0.4, -0.2) is 118 Å². The number of benzene rings is 3. The maximum Gasteiger partial charge on any atom is 0.337 e. The third-order valence-corrected chi connectivity index (χ3v) is 10.9. The zero-order chi connectivity index (χ0) is 49.2. The Bertz CT molecular complexity index is 2470. The summed E-state index contributed by atoms with van der Waals surface area (Å²) in [5.41, 5.74) is 19.4. The van der Waals surface area contributed by atoms with Crippen LogP contribution in [-0.2, 0) is 43.4 Å². The van der Waals surface area contributed by atoms with Crippen molar-refractivity contribution in [3.8, 4) is 17.7 Å². The molecule has 4 aromatic rings. The smallest absolute Gasteiger partial charge is 0.337 e. The van der Waals surface area contributed by atoms with Crippen molar-refractivity contribution in [3.05, 3.63) is 114 Å². The molecule has 20 nitrogen and oxygen atoms in total. The number of hydrogen-bond acceptors (Lipinski definition) is 10. The average molecular weight is 933 g/mol. The average Bonchev–Trinajstić information content (AvgIpc) is 3.73. The Kier molecular flexibility index (Phi) is 18.7. The molecule has 0 aliphatic carbocycles. The summed E-state index contributed by atoms with van der Waals surface area (Å²) in [7, 11) is 1.50. The van der Waals surface area contributed by atoms with Crippen LogP contribution in [0.15, 0.2) is 97.7 Å². The molecule has 1 aliphatic rings. The lowest BCUT2D eigenvalue weighted by molar-refractivity contribution is -0.131. The molecule has 0 spiro atoms. The van der Waals surface area contributed by atoms with Crippen molar-refractivity contribution < 1.29 is 38.3 Å². The Balaban J connectivity index is 1.53. The quantitative estimate of drug-likeness (QED) is 0.0729. The number of nitrogens with zero attached hydrogens (tertiary/aromatic N) is 3. The predicted octanol–water partition coefficient (Wildman–Crippen LogP) is 1.44. The first-order valence-corrected chi connectivity index (χ1v) is 22.1. The molecular weight excluding hydrogens is 873 g/mol. The van der Waals surface area contributed by atoms with Crippen LogP contribution in [0.5, 0.6) is 5.75 Å². The summed E-state index contributed by atoms with van der Waals surface area (Å²) < 4.78 is 5.29. The lowest BCUT2D eigenvalue weighted by Crippen LogP contribution is -2.61. The Morgan fingerprint density at radius 1 is 0.868 bits per heavy atom. The molecule has 0 bridgehead atoms. The fourth-order valence-electron chi connectivity index (χ4n) is 7.11. The van der Waals surface area contributed by atoms with Gasteiger partial charge in [-0.15, -0.1) is 6.58 Å². The van der Waals surface area contributed by atoms with Crippen LogP contribution < -0.4 is 48.3 Å². The van der Waals surface area contributed by atoms with Crippen molar-refractivity contribution >= 4 is 52.5 Å². The van der Waals surface area contributed by atoms with Crippen LogP contribution in [0.25, 0.3) is 10.9 Å². The number of H-pyrrole nitrogens is 1. The van der Waals surface area contributed by atoms with Gasteiger partial charge in [0.15, 0.2) is 0 Å². The SMILES string of the molecule is C=CCN1C#CCN(NC(=O)[C@@H](C)N)C(=O)N[C@H](Cc2c[nH]c3ccccc23)C(=O)N[C@@H](C)C(=O)NN(Cc2ccc(OC)cc2)C(=O)N[C@H](Cc2ccccc2)C(=O)N[C@H](C(N)=O)CCCC1. The maximum atomic E-state index is 14.3. The number of carbonyl (C=O) groups excluding carboxylic acids is 7. The Hall–Kier alpha value is -8.05. The molecule has 0 saturated carbocycles. The summed E-state index contributed by atoms with van der Waals surface area (Å²) in [6, 6.07) is 18.1. The van der Waals surface area contributed by atoms with E-state index in [1.54, 1.807) is 71.8 Å². The van der Waals surface area contributed by atoms with E-state index in [1.807, 2.05) is 24.3 Å². The standard InChI is InChI=1S/C48H60N12O8/c1-5-23-58-24-12-11-18-39(42(50)61)53-46(65)40(27-33-14-7-6-8-15-33)54-48(67)60(30-34-19-21-36(68-4)22-20-34)57-44(63)32(3)52-45(64)41(28-35-29-51-38-17-10-9-16-37(35)38)55-47(66)59(26-13-25-58)56-43(62)31(2)49/h5-10,14-17,19-22,29,31-32,39-41,51H,1,11-12,18,23-24,26-28,30,49H2,2-4H3,(H2,50,61)(H,52,64)(H,53,65)(H,54,67)(H,55,66)(H,56,62)(H,57,63)/t31-,32+,39+,40-,41-/m1/s1. The molecule has 5 atom stereocenters. The highest BCUT2D eigenvalue weighted by Gasteiger charge is 2.32. The molecule has 1 aromatic heterocycles. The highest BCUT2D eigenvalue weighted by molar-refractivity contribution is 5.95. The lowest BCUT2D eigenvalue weighted by Gasteiger charge is -2.29. The molecule has 2 heterocycles. The molecule has 360 valence electrons. The summed E-state index contributed by atoms with van der Waals surface area (Å²) in [5, 5.41) is 13.4. The summed E-state index contributed by atoms with van der Waals surface area (Å²) in [4.78, 5) is 101. The second kappa shape index (κ2) is 25.0. The second-order valence-corrected chi connectivity index (χ2v) is 16.2. The Morgan fingerprint density at radius 3 is 2.24 bits per heavy atom. The van der Waals surface area contributed by atoms with Gasteiger partial charge in [-0.25, -0.2) is 19.6 Å². The topological polar surface area (TPSA) is 278 Å². The minimum Gasteiger partial charge on any atom is -0.497 e. The fraction of sp³-hybridized carbons (Fsp3) is 0.354. The molecule has 5 rings (SSSR count). The summed E-state index contributed by atoms with van der Waals surface area (Å²) in [6.45, 7) is 6.78. The van der Waals surface area contributed by atoms with E-state index in [0.29, 0.717) is 48.4 Å². The van der Waals surface area contributed by atoms with Gasteiger partial charge in [0.2, 0.25) is 17.7 Å². The van der Waals surface area contributed by atoms with Gasteiger partial charge in [-0.3, -0.25) is 34.8 Å². The van der Waals surface area contributed by atoms with Crippen LogP contribution in [0.2, 0.25) is 0 Å². The lowest BCUT2D eigenvalue weighted by atomic mass is 10.0. The van der Waals surface area contributed by atoms with Gasteiger partial charge < -0.3 is 47.4 Å². The van der Waals surface area contributed by atoms with Crippen LogP contribution in [0, 0.1) is 12.0 Å². The van der Waals surface area contributed by atoms with E-state index in [4.69, 9.17) is 16.2 Å². The number of primary amides is 1. The first-order valence-electron chi connectivity index (χ1n) is 22.1. The third-order valence-electron chi connectivity index (χ3n) is 10.9. The van der Waals surface area contributed by atoms with E-state index >= 15 is 0 Å². The highest BCUT2D eigenvalue weighted by atomic mass is 16.5. The zero-order valence-corrected chi connectivity index (χ0v) is 38.4. The number of rotatable bonds is 12. The number of hydrogen-bond donors (Lipinski definition) is 9. The van der Waals surface area contributed by atoms with Crippen molar-refractivity contribution in [2.24, 2.45) is 11.5 Å². The van der Waals surface area contributed by atoms with Crippen molar-refractivity contribution in [3.63, 3.8) is 0 Å². The minimum absolute atomic E-state index is 0.00571. The van der Waals surface area contributed by atoms with Crippen molar-refractivity contribution in [1.29, 1.82) is 0 Å². The normalized spacial score (nSPS) is 19.9. The molecule has 0 unspecified atom stereocenters. The van der Waals surface area contributed by atoms with Crippen LogP contribution >= 0.6 is 0 Å². The van der Waals surface area contributed by atoms with Crippen molar-refractivity contribution in [1.82, 2.24) is 52.0 Å². The van der Waals surface area contributed by atoms with Gasteiger partial charge in [0.1, 0.15) is 36.5 Å².